The Morgan fingerprint density at radius 1 is 1.18 bits per heavy atom. The highest BCUT2D eigenvalue weighted by molar-refractivity contribution is 6.65. The van der Waals surface area contributed by atoms with E-state index >= 15 is 0 Å². The average molecular weight is 333 g/mol. The molecule has 0 aromatic heterocycles. The number of nitrogens with one attached hydrogen (secondary N) is 1. The molecule has 0 unspecified atom stereocenters. The summed E-state index contributed by atoms with van der Waals surface area (Å²) < 4.78 is 20.8. The molecule has 0 spiro atoms. The van der Waals surface area contributed by atoms with Crippen LogP contribution >= 0.6 is 0 Å². The summed E-state index contributed by atoms with van der Waals surface area (Å²) in [6, 6.07) is 0.749. The minimum absolute atomic E-state index is 0.0245. The normalized spacial score (nSPS) is 11.1. The molecular weight excluding hydrogens is 306 g/mol. The summed E-state index contributed by atoms with van der Waals surface area (Å²) in [5.74, 6) is -0.147. The number of Topliss-reactive ketones (excluding diaryl/α,β-unsaturated/α-hetero) is 1. The van der Waals surface area contributed by atoms with E-state index < -0.39 is 14.7 Å². The second-order valence-electron chi connectivity index (χ2n) is 4.96. The Balaban J connectivity index is 3.59. The molecule has 1 amide bonds. The number of carbonyl (C=O) groups excluding carboxylic acids is 2. The van der Waals surface area contributed by atoms with Gasteiger partial charge in [-0.15, -0.1) is 0 Å². The van der Waals surface area contributed by atoms with E-state index in [1.807, 2.05) is 6.55 Å². The van der Waals surface area contributed by atoms with Crippen molar-refractivity contribution in [2.45, 2.75) is 25.9 Å². The Labute approximate surface area is 133 Å². The first-order valence-corrected chi connectivity index (χ1v) is 9.64. The highest BCUT2D eigenvalue weighted by Gasteiger charge is 2.27. The number of amides is 1. The third-order valence-electron chi connectivity index (χ3n) is 3.10. The highest BCUT2D eigenvalue weighted by Crippen LogP contribution is 2.13. The summed E-state index contributed by atoms with van der Waals surface area (Å²) in [5, 5.41) is 2.54. The Bertz CT molecular complexity index is 370. The quantitative estimate of drug-likeness (QED) is 0.332. The van der Waals surface area contributed by atoms with Crippen LogP contribution in [0.3, 0.4) is 0 Å². The lowest BCUT2D eigenvalue weighted by Gasteiger charge is -2.22. The second-order valence-corrected chi connectivity index (χ2v) is 8.55. The molecule has 0 heterocycles. The van der Waals surface area contributed by atoms with E-state index in [9.17, 15) is 9.59 Å². The van der Waals surface area contributed by atoms with Crippen LogP contribution in [0.5, 0.6) is 0 Å². The lowest BCUT2D eigenvalue weighted by molar-refractivity contribution is -0.119. The molecule has 0 aliphatic rings. The van der Waals surface area contributed by atoms with Crippen LogP contribution in [0, 0.1) is 0 Å². The molecule has 1 N–H and O–H groups in total. The standard InChI is InChI=1S/C14H27NO6Si/c1-12(2)13(16)11-20-9-7-15-14(17)21-8-6-10-22(5,18-3)19-4/h1,6-11H2,2-5H3,(H,15,17). The Morgan fingerprint density at radius 2 is 1.82 bits per heavy atom. The minimum atomic E-state index is -2.10. The fraction of sp³-hybridized carbons (Fsp3) is 0.714. The van der Waals surface area contributed by atoms with Crippen LogP contribution in [-0.2, 0) is 23.1 Å². The van der Waals surface area contributed by atoms with Gasteiger partial charge in [0.25, 0.3) is 0 Å². The van der Waals surface area contributed by atoms with Crippen molar-refractivity contribution >= 4 is 20.4 Å². The van der Waals surface area contributed by atoms with Gasteiger partial charge in [0.05, 0.1) is 13.2 Å². The van der Waals surface area contributed by atoms with Gasteiger partial charge >= 0.3 is 14.7 Å². The molecule has 8 heteroatoms. The lowest BCUT2D eigenvalue weighted by Crippen LogP contribution is -2.36. The topological polar surface area (TPSA) is 83.1 Å². The summed E-state index contributed by atoms with van der Waals surface area (Å²) in [6.07, 6.45) is 0.176. The Morgan fingerprint density at radius 3 is 2.36 bits per heavy atom. The number of hydrogen-bond acceptors (Lipinski definition) is 6. The lowest BCUT2D eigenvalue weighted by atomic mass is 10.2. The third kappa shape index (κ3) is 9.67. The van der Waals surface area contributed by atoms with Gasteiger partial charge < -0.3 is 23.6 Å². The zero-order valence-corrected chi connectivity index (χ0v) is 14.9. The van der Waals surface area contributed by atoms with Crippen LogP contribution in [0.2, 0.25) is 12.6 Å². The molecule has 0 rings (SSSR count). The van der Waals surface area contributed by atoms with E-state index in [0.717, 1.165) is 6.04 Å². The number of ether oxygens (including phenoxy) is 2. The summed E-state index contributed by atoms with van der Waals surface area (Å²) in [7, 11) is 1.16. The second kappa shape index (κ2) is 11.4. The molecule has 0 bridgehead atoms. The molecule has 0 atom stereocenters. The maximum Gasteiger partial charge on any atom is 0.407 e. The summed E-state index contributed by atoms with van der Waals surface area (Å²) in [4.78, 5) is 22.6. The van der Waals surface area contributed by atoms with Crippen molar-refractivity contribution in [3.8, 4) is 0 Å². The number of carbonyl (C=O) groups is 2. The van der Waals surface area contributed by atoms with Crippen LogP contribution in [0.15, 0.2) is 12.2 Å². The fourth-order valence-electron chi connectivity index (χ4n) is 1.41. The minimum Gasteiger partial charge on any atom is -0.450 e. The summed E-state index contributed by atoms with van der Waals surface area (Å²) in [6.45, 7) is 7.90. The SMILES string of the molecule is C=C(C)C(=O)COCCNC(=O)OCCC[Si](C)(OC)OC. The van der Waals surface area contributed by atoms with Crippen LogP contribution in [0.25, 0.3) is 0 Å². The molecule has 0 aromatic rings. The van der Waals surface area contributed by atoms with Gasteiger partial charge in [-0.3, -0.25) is 4.79 Å². The van der Waals surface area contributed by atoms with E-state index in [2.05, 4.69) is 11.9 Å². The van der Waals surface area contributed by atoms with Crippen molar-refractivity contribution in [1.82, 2.24) is 5.32 Å². The van der Waals surface area contributed by atoms with Gasteiger partial charge in [0.15, 0.2) is 5.78 Å². The first-order chi connectivity index (χ1) is 10.3. The van der Waals surface area contributed by atoms with Crippen LogP contribution in [0.1, 0.15) is 13.3 Å². The molecule has 0 saturated carbocycles. The molecule has 0 fully saturated rings. The van der Waals surface area contributed by atoms with Crippen LogP contribution in [-0.4, -0.2) is 61.0 Å². The smallest absolute Gasteiger partial charge is 0.407 e. The van der Waals surface area contributed by atoms with Gasteiger partial charge in [0.2, 0.25) is 0 Å². The van der Waals surface area contributed by atoms with Crippen molar-refractivity contribution in [2.24, 2.45) is 0 Å². The van der Waals surface area contributed by atoms with Crippen LogP contribution < -0.4 is 5.32 Å². The fourth-order valence-corrected chi connectivity index (χ4v) is 2.77. The van der Waals surface area contributed by atoms with Gasteiger partial charge in [-0.05, 0) is 31.5 Å². The average Bonchev–Trinajstić information content (AvgIpc) is 2.50. The van der Waals surface area contributed by atoms with Crippen molar-refractivity contribution in [1.29, 1.82) is 0 Å². The van der Waals surface area contributed by atoms with Crippen molar-refractivity contribution < 1.29 is 27.9 Å². The van der Waals surface area contributed by atoms with E-state index in [4.69, 9.17) is 18.3 Å². The van der Waals surface area contributed by atoms with Crippen molar-refractivity contribution in [3.05, 3.63) is 12.2 Å². The summed E-state index contributed by atoms with van der Waals surface area (Å²) >= 11 is 0. The number of rotatable bonds is 12. The van der Waals surface area contributed by atoms with Gasteiger partial charge in [0.1, 0.15) is 6.61 Å². The molecule has 0 aromatic carbocycles. The van der Waals surface area contributed by atoms with Crippen molar-refractivity contribution in [3.63, 3.8) is 0 Å². The molecule has 7 nitrogen and oxygen atoms in total. The monoisotopic (exact) mass is 333 g/mol. The predicted octanol–water partition coefficient (Wildman–Crippen LogP) is 1.63. The predicted molar refractivity (Wildman–Crippen MR) is 85.1 cm³/mol. The van der Waals surface area contributed by atoms with Crippen molar-refractivity contribution in [2.75, 3.05) is 40.6 Å². The maximum atomic E-state index is 11.4. The van der Waals surface area contributed by atoms with E-state index in [1.54, 1.807) is 21.1 Å². The molecular formula is C14H27NO6Si. The summed E-state index contributed by atoms with van der Waals surface area (Å²) in [5.41, 5.74) is 0.454. The van der Waals surface area contributed by atoms with Gasteiger partial charge in [-0.1, -0.05) is 6.58 Å². The number of ketones is 1. The van der Waals surface area contributed by atoms with Gasteiger partial charge in [-0.25, -0.2) is 4.79 Å². The van der Waals surface area contributed by atoms with Crippen LogP contribution in [0.4, 0.5) is 4.79 Å². The van der Waals surface area contributed by atoms with Gasteiger partial charge in [-0.2, -0.15) is 0 Å². The molecule has 0 saturated heterocycles. The zero-order valence-electron chi connectivity index (χ0n) is 13.9. The van der Waals surface area contributed by atoms with E-state index in [-0.39, 0.29) is 25.5 Å². The zero-order chi connectivity index (χ0) is 17.0. The van der Waals surface area contributed by atoms with E-state index in [1.165, 1.54) is 0 Å². The molecule has 0 aliphatic heterocycles. The third-order valence-corrected chi connectivity index (χ3v) is 6.09. The first-order valence-electron chi connectivity index (χ1n) is 7.12. The number of alkyl carbamates (subject to hydrolysis) is 1. The maximum absolute atomic E-state index is 11.4. The first kappa shape index (κ1) is 20.8. The number of hydrogen-bond donors (Lipinski definition) is 1. The molecule has 0 radical (unpaired) electrons. The highest BCUT2D eigenvalue weighted by atomic mass is 28.4. The van der Waals surface area contributed by atoms with Gasteiger partial charge in [0, 0.05) is 20.8 Å². The molecule has 128 valence electrons. The molecule has 22 heavy (non-hydrogen) atoms. The Hall–Kier alpha value is -1.22. The molecule has 0 aliphatic carbocycles. The van der Waals surface area contributed by atoms with E-state index in [0.29, 0.717) is 18.6 Å². The Kier molecular flexibility index (Phi) is 10.7. The largest absolute Gasteiger partial charge is 0.450 e.